The number of aryl methyl sites for hydroxylation is 2. The summed E-state index contributed by atoms with van der Waals surface area (Å²) in [5, 5.41) is 3.87. The van der Waals surface area contributed by atoms with E-state index in [1.165, 1.54) is 0 Å². The fourth-order valence-electron chi connectivity index (χ4n) is 3.37. The number of anilines is 1. The Labute approximate surface area is 169 Å². The van der Waals surface area contributed by atoms with Crippen LogP contribution >= 0.6 is 23.2 Å². The maximum atomic E-state index is 12.7. The molecule has 0 unspecified atom stereocenters. The average molecular weight is 405 g/mol. The molecule has 1 heterocycles. The number of nitrogens with one attached hydrogen (secondary N) is 1. The molecule has 1 N–H and O–H groups in total. The Morgan fingerprint density at radius 3 is 2.37 bits per heavy atom. The van der Waals surface area contributed by atoms with Gasteiger partial charge in [0.25, 0.3) is 5.91 Å². The summed E-state index contributed by atoms with van der Waals surface area (Å²) < 4.78 is 0. The van der Waals surface area contributed by atoms with Gasteiger partial charge in [-0.2, -0.15) is 0 Å². The van der Waals surface area contributed by atoms with Crippen molar-refractivity contribution in [2.24, 2.45) is 5.92 Å². The van der Waals surface area contributed by atoms with Gasteiger partial charge in [-0.3, -0.25) is 9.59 Å². The zero-order valence-corrected chi connectivity index (χ0v) is 16.9. The van der Waals surface area contributed by atoms with Crippen LogP contribution in [0.2, 0.25) is 10.0 Å². The molecule has 2 aromatic carbocycles. The Bertz CT molecular complexity index is 874. The number of nitrogens with zero attached hydrogens (tertiary/aromatic N) is 1. The zero-order valence-electron chi connectivity index (χ0n) is 15.4. The highest BCUT2D eigenvalue weighted by Gasteiger charge is 2.28. The Balaban J connectivity index is 1.59. The zero-order chi connectivity index (χ0) is 19.6. The van der Waals surface area contributed by atoms with Crippen molar-refractivity contribution in [1.82, 2.24) is 4.90 Å². The standard InChI is InChI=1S/C21H22Cl2N2O2/c1-13-3-6-19(14(2)11-13)24-20(26)15-7-9-25(10-8-15)21(27)17-5-4-16(22)12-18(17)23/h3-6,11-12,15H,7-10H2,1-2H3,(H,24,26). The van der Waals surface area contributed by atoms with Crippen LogP contribution in [-0.2, 0) is 4.79 Å². The van der Waals surface area contributed by atoms with Crippen LogP contribution in [0.15, 0.2) is 36.4 Å². The molecule has 1 saturated heterocycles. The van der Waals surface area contributed by atoms with Crippen LogP contribution in [0.25, 0.3) is 0 Å². The molecular weight excluding hydrogens is 383 g/mol. The highest BCUT2D eigenvalue weighted by molar-refractivity contribution is 6.36. The quantitative estimate of drug-likeness (QED) is 0.772. The normalized spacial score (nSPS) is 14.9. The van der Waals surface area contributed by atoms with Gasteiger partial charge < -0.3 is 10.2 Å². The summed E-state index contributed by atoms with van der Waals surface area (Å²) in [5.41, 5.74) is 3.50. The Morgan fingerprint density at radius 2 is 1.74 bits per heavy atom. The van der Waals surface area contributed by atoms with Crippen molar-refractivity contribution >= 4 is 40.7 Å². The molecule has 0 saturated carbocycles. The van der Waals surface area contributed by atoms with Gasteiger partial charge in [0.15, 0.2) is 0 Å². The fourth-order valence-corrected chi connectivity index (χ4v) is 3.86. The smallest absolute Gasteiger partial charge is 0.255 e. The second-order valence-corrected chi connectivity index (χ2v) is 7.84. The maximum Gasteiger partial charge on any atom is 0.255 e. The summed E-state index contributed by atoms with van der Waals surface area (Å²) in [5.74, 6) is -0.209. The summed E-state index contributed by atoms with van der Waals surface area (Å²) in [6.07, 6.45) is 1.27. The molecule has 0 aromatic heterocycles. The number of hydrogen-bond acceptors (Lipinski definition) is 2. The van der Waals surface area contributed by atoms with E-state index in [0.717, 1.165) is 16.8 Å². The second-order valence-electron chi connectivity index (χ2n) is 7.00. The van der Waals surface area contributed by atoms with Gasteiger partial charge in [-0.15, -0.1) is 0 Å². The van der Waals surface area contributed by atoms with Crippen molar-refractivity contribution < 1.29 is 9.59 Å². The van der Waals surface area contributed by atoms with Gasteiger partial charge >= 0.3 is 0 Å². The second kappa shape index (κ2) is 8.32. The largest absolute Gasteiger partial charge is 0.339 e. The molecule has 3 rings (SSSR count). The van der Waals surface area contributed by atoms with Crippen LogP contribution in [0, 0.1) is 19.8 Å². The van der Waals surface area contributed by atoms with Crippen molar-refractivity contribution in [2.75, 3.05) is 18.4 Å². The summed E-state index contributed by atoms with van der Waals surface area (Å²) >= 11 is 12.0. The van der Waals surface area contributed by atoms with Crippen LogP contribution in [0.3, 0.4) is 0 Å². The molecule has 2 aromatic rings. The van der Waals surface area contributed by atoms with E-state index in [0.29, 0.717) is 41.5 Å². The summed E-state index contributed by atoms with van der Waals surface area (Å²) in [6, 6.07) is 10.8. The highest BCUT2D eigenvalue weighted by Crippen LogP contribution is 2.26. The minimum Gasteiger partial charge on any atom is -0.339 e. The third-order valence-corrected chi connectivity index (χ3v) is 5.50. The summed E-state index contributed by atoms with van der Waals surface area (Å²) in [7, 11) is 0. The van der Waals surface area contributed by atoms with Crippen molar-refractivity contribution in [3.8, 4) is 0 Å². The maximum absolute atomic E-state index is 12.7. The van der Waals surface area contributed by atoms with E-state index in [2.05, 4.69) is 5.32 Å². The molecule has 0 bridgehead atoms. The predicted molar refractivity (Wildman–Crippen MR) is 110 cm³/mol. The topological polar surface area (TPSA) is 49.4 Å². The van der Waals surface area contributed by atoms with E-state index in [1.807, 2.05) is 32.0 Å². The highest BCUT2D eigenvalue weighted by atomic mass is 35.5. The third-order valence-electron chi connectivity index (χ3n) is 4.95. The van der Waals surface area contributed by atoms with Crippen LogP contribution in [0.5, 0.6) is 0 Å². The Kier molecular flexibility index (Phi) is 6.08. The SMILES string of the molecule is Cc1ccc(NC(=O)C2CCN(C(=O)c3ccc(Cl)cc3Cl)CC2)c(C)c1. The number of carbonyl (C=O) groups is 2. The first kappa shape index (κ1) is 19.7. The van der Waals surface area contributed by atoms with E-state index in [9.17, 15) is 9.59 Å². The van der Waals surface area contributed by atoms with Crippen LogP contribution in [0.4, 0.5) is 5.69 Å². The predicted octanol–water partition coefficient (Wildman–Crippen LogP) is 5.10. The average Bonchev–Trinajstić information content (AvgIpc) is 2.63. The van der Waals surface area contributed by atoms with Crippen LogP contribution in [0.1, 0.15) is 34.3 Å². The van der Waals surface area contributed by atoms with Gasteiger partial charge in [-0.05, 0) is 56.5 Å². The summed E-state index contributed by atoms with van der Waals surface area (Å²) in [4.78, 5) is 27.0. The van der Waals surface area contributed by atoms with Gasteiger partial charge in [0.05, 0.1) is 10.6 Å². The lowest BCUT2D eigenvalue weighted by Crippen LogP contribution is -2.41. The minimum absolute atomic E-state index is 0.0126. The summed E-state index contributed by atoms with van der Waals surface area (Å²) in [6.45, 7) is 5.07. The number of amides is 2. The molecule has 2 amide bonds. The van der Waals surface area contributed by atoms with Crippen molar-refractivity contribution in [2.45, 2.75) is 26.7 Å². The van der Waals surface area contributed by atoms with Gasteiger partial charge in [0, 0.05) is 29.7 Å². The van der Waals surface area contributed by atoms with E-state index < -0.39 is 0 Å². The number of carbonyl (C=O) groups excluding carboxylic acids is 2. The third kappa shape index (κ3) is 4.63. The lowest BCUT2D eigenvalue weighted by molar-refractivity contribution is -0.121. The molecule has 1 aliphatic rings. The molecular formula is C21H22Cl2N2O2. The molecule has 142 valence electrons. The number of benzene rings is 2. The monoisotopic (exact) mass is 404 g/mol. The number of rotatable bonds is 3. The molecule has 0 spiro atoms. The number of likely N-dealkylation sites (tertiary alicyclic amines) is 1. The number of piperidine rings is 1. The Morgan fingerprint density at radius 1 is 1.04 bits per heavy atom. The molecule has 0 atom stereocenters. The molecule has 6 heteroatoms. The van der Waals surface area contributed by atoms with Crippen molar-refractivity contribution in [1.29, 1.82) is 0 Å². The Hall–Kier alpha value is -2.04. The van der Waals surface area contributed by atoms with Crippen LogP contribution < -0.4 is 5.32 Å². The molecule has 1 fully saturated rings. The fraction of sp³-hybridized carbons (Fsp3) is 0.333. The van der Waals surface area contributed by atoms with Gasteiger partial charge in [-0.25, -0.2) is 0 Å². The van der Waals surface area contributed by atoms with E-state index in [1.54, 1.807) is 23.1 Å². The van der Waals surface area contributed by atoms with Crippen LogP contribution in [-0.4, -0.2) is 29.8 Å². The van der Waals surface area contributed by atoms with Gasteiger partial charge in [0.2, 0.25) is 5.91 Å². The van der Waals surface area contributed by atoms with Crippen molar-refractivity contribution in [3.63, 3.8) is 0 Å². The minimum atomic E-state index is -0.120. The van der Waals surface area contributed by atoms with Gasteiger partial charge in [0.1, 0.15) is 0 Å². The lowest BCUT2D eigenvalue weighted by Gasteiger charge is -2.31. The van der Waals surface area contributed by atoms with E-state index in [4.69, 9.17) is 23.2 Å². The van der Waals surface area contributed by atoms with Gasteiger partial charge in [-0.1, -0.05) is 40.9 Å². The first-order chi connectivity index (χ1) is 12.8. The lowest BCUT2D eigenvalue weighted by atomic mass is 9.95. The number of halogens is 2. The van der Waals surface area contributed by atoms with Crippen molar-refractivity contribution in [3.05, 3.63) is 63.1 Å². The molecule has 4 nitrogen and oxygen atoms in total. The van der Waals surface area contributed by atoms with E-state index >= 15 is 0 Å². The number of hydrogen-bond donors (Lipinski definition) is 1. The van der Waals surface area contributed by atoms with E-state index in [-0.39, 0.29) is 17.7 Å². The first-order valence-electron chi connectivity index (χ1n) is 8.97. The first-order valence-corrected chi connectivity index (χ1v) is 9.73. The molecule has 1 aliphatic heterocycles. The molecule has 0 aliphatic carbocycles. The molecule has 27 heavy (non-hydrogen) atoms. The molecule has 0 radical (unpaired) electrons.